The van der Waals surface area contributed by atoms with Crippen LogP contribution in [0.5, 0.6) is 0 Å². The van der Waals surface area contributed by atoms with Crippen molar-refractivity contribution in [2.45, 2.75) is 33.6 Å². The first-order chi connectivity index (χ1) is 13.0. The van der Waals surface area contributed by atoms with Gasteiger partial charge in [-0.1, -0.05) is 30.3 Å². The average Bonchev–Trinajstić information content (AvgIpc) is 3.17. The third-order valence-electron chi connectivity index (χ3n) is 5.06. The lowest BCUT2D eigenvalue weighted by atomic mass is 10.0. The average molecular weight is 365 g/mol. The van der Waals surface area contributed by atoms with Crippen LogP contribution >= 0.6 is 0 Å². The van der Waals surface area contributed by atoms with E-state index in [0.717, 1.165) is 48.3 Å². The first-order valence-corrected chi connectivity index (χ1v) is 9.46. The van der Waals surface area contributed by atoms with Crippen molar-refractivity contribution in [1.29, 1.82) is 0 Å². The van der Waals surface area contributed by atoms with Gasteiger partial charge in [0.25, 0.3) is 5.91 Å². The van der Waals surface area contributed by atoms with Crippen LogP contribution in [-0.2, 0) is 4.79 Å². The summed E-state index contributed by atoms with van der Waals surface area (Å²) in [7, 11) is 0. The van der Waals surface area contributed by atoms with E-state index < -0.39 is 0 Å². The van der Waals surface area contributed by atoms with E-state index in [0.29, 0.717) is 11.3 Å². The van der Waals surface area contributed by atoms with E-state index in [1.165, 1.54) is 0 Å². The number of likely N-dealkylation sites (tertiary alicyclic amines) is 1. The van der Waals surface area contributed by atoms with Gasteiger partial charge in [-0.3, -0.25) is 9.59 Å². The fourth-order valence-corrected chi connectivity index (χ4v) is 3.55. The minimum Gasteiger partial charge on any atom is -0.375 e. The topological polar surface area (TPSA) is 61.4 Å². The maximum Gasteiger partial charge on any atom is 0.256 e. The van der Waals surface area contributed by atoms with Crippen molar-refractivity contribution in [2.24, 2.45) is 0 Å². The van der Waals surface area contributed by atoms with Crippen LogP contribution in [0.25, 0.3) is 0 Å². The van der Waals surface area contributed by atoms with Crippen LogP contribution in [0.2, 0.25) is 0 Å². The second-order valence-electron chi connectivity index (χ2n) is 7.17. The molecule has 0 aliphatic carbocycles. The lowest BCUT2D eigenvalue weighted by Gasteiger charge is -2.20. The molecule has 2 aromatic rings. The van der Waals surface area contributed by atoms with Crippen molar-refractivity contribution in [3.8, 4) is 0 Å². The Morgan fingerprint density at radius 2 is 1.52 bits per heavy atom. The number of amides is 2. The first-order valence-electron chi connectivity index (χ1n) is 9.46. The molecule has 0 spiro atoms. The van der Waals surface area contributed by atoms with Crippen molar-refractivity contribution in [2.75, 3.05) is 30.3 Å². The van der Waals surface area contributed by atoms with Crippen LogP contribution in [0.15, 0.2) is 36.4 Å². The third kappa shape index (κ3) is 4.30. The largest absolute Gasteiger partial charge is 0.375 e. The van der Waals surface area contributed by atoms with E-state index in [-0.39, 0.29) is 18.4 Å². The Kier molecular flexibility index (Phi) is 5.79. The standard InChI is InChI=1S/C22H27N3O2/c1-15-8-7-11-18(20(15)22(27)25-12-4-5-13-25)23-14-19(26)24-21-16(2)9-6-10-17(21)3/h6-11,23H,4-5,12-14H2,1-3H3,(H,24,26). The maximum absolute atomic E-state index is 12.9. The number of nitrogens with zero attached hydrogens (tertiary/aromatic N) is 1. The summed E-state index contributed by atoms with van der Waals surface area (Å²) in [5, 5.41) is 6.13. The lowest BCUT2D eigenvalue weighted by Crippen LogP contribution is -2.30. The fraction of sp³-hybridized carbons (Fsp3) is 0.364. The Morgan fingerprint density at radius 3 is 2.19 bits per heavy atom. The normalized spacial score (nSPS) is 13.5. The molecule has 1 aliphatic rings. The molecule has 0 aromatic heterocycles. The second kappa shape index (κ2) is 8.25. The summed E-state index contributed by atoms with van der Waals surface area (Å²) in [4.78, 5) is 27.2. The Labute approximate surface area is 160 Å². The van der Waals surface area contributed by atoms with Gasteiger partial charge in [0.1, 0.15) is 0 Å². The first kappa shape index (κ1) is 19.0. The van der Waals surface area contributed by atoms with Gasteiger partial charge >= 0.3 is 0 Å². The molecule has 142 valence electrons. The molecule has 0 atom stereocenters. The zero-order valence-corrected chi connectivity index (χ0v) is 16.3. The maximum atomic E-state index is 12.9. The number of carbonyl (C=O) groups is 2. The van der Waals surface area contributed by atoms with Gasteiger partial charge in [0.05, 0.1) is 12.1 Å². The minimum atomic E-state index is -0.131. The summed E-state index contributed by atoms with van der Waals surface area (Å²) >= 11 is 0. The number of anilines is 2. The van der Waals surface area contributed by atoms with Gasteiger partial charge in [-0.25, -0.2) is 0 Å². The molecule has 1 heterocycles. The van der Waals surface area contributed by atoms with Gasteiger partial charge in [-0.05, 0) is 56.4 Å². The highest BCUT2D eigenvalue weighted by atomic mass is 16.2. The zero-order chi connectivity index (χ0) is 19.4. The molecule has 0 saturated carbocycles. The van der Waals surface area contributed by atoms with Crippen LogP contribution in [0.3, 0.4) is 0 Å². The highest BCUT2D eigenvalue weighted by Gasteiger charge is 2.23. The predicted molar refractivity (Wildman–Crippen MR) is 109 cm³/mol. The van der Waals surface area contributed by atoms with E-state index in [4.69, 9.17) is 0 Å². The summed E-state index contributed by atoms with van der Waals surface area (Å²) < 4.78 is 0. The highest BCUT2D eigenvalue weighted by molar-refractivity contribution is 6.02. The van der Waals surface area contributed by atoms with Crippen molar-refractivity contribution >= 4 is 23.2 Å². The molecular weight excluding hydrogens is 338 g/mol. The van der Waals surface area contributed by atoms with Gasteiger partial charge in [-0.15, -0.1) is 0 Å². The monoisotopic (exact) mass is 365 g/mol. The molecule has 0 radical (unpaired) electrons. The van der Waals surface area contributed by atoms with E-state index >= 15 is 0 Å². The van der Waals surface area contributed by atoms with Crippen LogP contribution in [0.4, 0.5) is 11.4 Å². The molecule has 1 fully saturated rings. The van der Waals surface area contributed by atoms with Gasteiger partial charge in [0.2, 0.25) is 5.91 Å². The quantitative estimate of drug-likeness (QED) is 0.845. The zero-order valence-electron chi connectivity index (χ0n) is 16.3. The molecule has 2 amide bonds. The van der Waals surface area contributed by atoms with Crippen molar-refractivity contribution in [3.05, 3.63) is 58.7 Å². The second-order valence-corrected chi connectivity index (χ2v) is 7.17. The van der Waals surface area contributed by atoms with Gasteiger partial charge < -0.3 is 15.5 Å². The van der Waals surface area contributed by atoms with Crippen LogP contribution < -0.4 is 10.6 Å². The molecule has 2 aromatic carbocycles. The molecule has 2 N–H and O–H groups in total. The number of rotatable bonds is 5. The number of hydrogen-bond donors (Lipinski definition) is 2. The SMILES string of the molecule is Cc1cccc(C)c1NC(=O)CNc1cccc(C)c1C(=O)N1CCCC1. The van der Waals surface area contributed by atoms with Crippen LogP contribution in [0, 0.1) is 20.8 Å². The number of aryl methyl sites for hydroxylation is 3. The molecular formula is C22H27N3O2. The Morgan fingerprint density at radius 1 is 0.926 bits per heavy atom. The number of para-hydroxylation sites is 1. The number of nitrogens with one attached hydrogen (secondary N) is 2. The molecule has 3 rings (SSSR count). The Hall–Kier alpha value is -2.82. The summed E-state index contributed by atoms with van der Waals surface area (Å²) in [6, 6.07) is 11.6. The molecule has 1 saturated heterocycles. The predicted octanol–water partition coefficient (Wildman–Crippen LogP) is 3.90. The molecule has 1 aliphatic heterocycles. The van der Waals surface area contributed by atoms with Gasteiger partial charge in [0.15, 0.2) is 0 Å². The van der Waals surface area contributed by atoms with Gasteiger partial charge in [0, 0.05) is 24.5 Å². The summed E-state index contributed by atoms with van der Waals surface area (Å²) in [6.07, 6.45) is 2.11. The minimum absolute atomic E-state index is 0.0447. The van der Waals surface area contributed by atoms with E-state index in [1.807, 2.05) is 62.1 Å². The lowest BCUT2D eigenvalue weighted by molar-refractivity contribution is -0.114. The van der Waals surface area contributed by atoms with Crippen LogP contribution in [0.1, 0.15) is 39.9 Å². The number of carbonyl (C=O) groups excluding carboxylic acids is 2. The Bertz CT molecular complexity index is 834. The fourth-order valence-electron chi connectivity index (χ4n) is 3.55. The smallest absolute Gasteiger partial charge is 0.256 e. The van der Waals surface area contributed by atoms with Crippen molar-refractivity contribution < 1.29 is 9.59 Å². The molecule has 0 bridgehead atoms. The Balaban J connectivity index is 1.71. The molecule has 27 heavy (non-hydrogen) atoms. The molecule has 5 nitrogen and oxygen atoms in total. The summed E-state index contributed by atoms with van der Waals surface area (Å²) in [6.45, 7) is 7.61. The van der Waals surface area contributed by atoms with E-state index in [2.05, 4.69) is 10.6 Å². The van der Waals surface area contributed by atoms with Crippen LogP contribution in [-0.4, -0.2) is 36.3 Å². The summed E-state index contributed by atoms with van der Waals surface area (Å²) in [5.74, 6) is -0.0864. The molecule has 0 unspecified atom stereocenters. The van der Waals surface area contributed by atoms with Crippen molar-refractivity contribution in [3.63, 3.8) is 0 Å². The summed E-state index contributed by atoms with van der Waals surface area (Å²) in [5.41, 5.74) is 5.21. The van der Waals surface area contributed by atoms with E-state index in [1.54, 1.807) is 0 Å². The highest BCUT2D eigenvalue weighted by Crippen LogP contribution is 2.24. The third-order valence-corrected chi connectivity index (χ3v) is 5.06. The molecule has 5 heteroatoms. The van der Waals surface area contributed by atoms with Crippen molar-refractivity contribution in [1.82, 2.24) is 4.90 Å². The number of hydrogen-bond acceptors (Lipinski definition) is 3. The number of benzene rings is 2. The van der Waals surface area contributed by atoms with Gasteiger partial charge in [-0.2, -0.15) is 0 Å². The van der Waals surface area contributed by atoms with E-state index in [9.17, 15) is 9.59 Å².